The maximum Gasteiger partial charge on any atom is 0.494 e. The van der Waals surface area contributed by atoms with E-state index in [1.54, 1.807) is 0 Å². The summed E-state index contributed by atoms with van der Waals surface area (Å²) in [5.74, 6) is 0.406. The van der Waals surface area contributed by atoms with Crippen molar-refractivity contribution in [2.45, 2.75) is 51.7 Å². The number of carbonyl (C=O) groups is 1. The standard InChI is InChI=1S/C18H26BNO4/c1-17(2)18(3,4)24-19(23-17)15-7-5-13(6-8-15)11-14-9-10-20(12-14)16(21)22/h5-8,14H,9-12H2,1-4H3,(H,21,22). The molecule has 6 heteroatoms. The van der Waals surface area contributed by atoms with Crippen LogP contribution in [0.3, 0.4) is 0 Å². The highest BCUT2D eigenvalue weighted by Gasteiger charge is 2.51. The van der Waals surface area contributed by atoms with Crippen molar-refractivity contribution in [1.82, 2.24) is 4.90 Å². The summed E-state index contributed by atoms with van der Waals surface area (Å²) in [5, 5.41) is 9.04. The highest BCUT2D eigenvalue weighted by Crippen LogP contribution is 2.36. The summed E-state index contributed by atoms with van der Waals surface area (Å²) in [7, 11) is -0.335. The van der Waals surface area contributed by atoms with Crippen LogP contribution in [-0.2, 0) is 15.7 Å². The molecule has 2 saturated heterocycles. The number of nitrogens with zero attached hydrogens (tertiary/aromatic N) is 1. The van der Waals surface area contributed by atoms with Crippen molar-refractivity contribution in [3.63, 3.8) is 0 Å². The molecule has 1 amide bonds. The Morgan fingerprint density at radius 3 is 2.29 bits per heavy atom. The van der Waals surface area contributed by atoms with E-state index in [1.165, 1.54) is 10.5 Å². The zero-order valence-electron chi connectivity index (χ0n) is 14.9. The van der Waals surface area contributed by atoms with Gasteiger partial charge >= 0.3 is 13.2 Å². The molecule has 130 valence electrons. The van der Waals surface area contributed by atoms with E-state index in [4.69, 9.17) is 14.4 Å². The van der Waals surface area contributed by atoms with Gasteiger partial charge in [-0.3, -0.25) is 0 Å². The van der Waals surface area contributed by atoms with Crippen LogP contribution in [0.2, 0.25) is 0 Å². The molecule has 0 spiro atoms. The quantitative estimate of drug-likeness (QED) is 0.865. The molecule has 2 heterocycles. The summed E-state index contributed by atoms with van der Waals surface area (Å²) in [6.07, 6.45) is 1.03. The SMILES string of the molecule is CC1(C)OB(c2ccc(CC3CCN(C(=O)O)C3)cc2)OC1(C)C. The van der Waals surface area contributed by atoms with Gasteiger partial charge < -0.3 is 19.3 Å². The first kappa shape index (κ1) is 17.3. The van der Waals surface area contributed by atoms with Crippen LogP contribution in [0.4, 0.5) is 4.79 Å². The Kier molecular flexibility index (Phi) is 4.38. The van der Waals surface area contributed by atoms with E-state index < -0.39 is 6.09 Å². The van der Waals surface area contributed by atoms with Gasteiger partial charge in [-0.2, -0.15) is 0 Å². The molecule has 24 heavy (non-hydrogen) atoms. The van der Waals surface area contributed by atoms with Gasteiger partial charge in [0, 0.05) is 13.1 Å². The number of benzene rings is 1. The Hall–Kier alpha value is -1.53. The van der Waals surface area contributed by atoms with Gasteiger partial charge in [0.1, 0.15) is 0 Å². The fourth-order valence-corrected chi connectivity index (χ4v) is 3.30. The summed E-state index contributed by atoms with van der Waals surface area (Å²) in [6.45, 7) is 9.48. The smallest absolute Gasteiger partial charge is 0.465 e. The minimum atomic E-state index is -0.811. The maximum absolute atomic E-state index is 11.0. The van der Waals surface area contributed by atoms with Crippen LogP contribution < -0.4 is 5.46 Å². The average Bonchev–Trinajstić information content (AvgIpc) is 3.03. The molecule has 0 radical (unpaired) electrons. The van der Waals surface area contributed by atoms with Crippen LogP contribution in [-0.4, -0.2) is 47.5 Å². The van der Waals surface area contributed by atoms with Gasteiger partial charge in [0.05, 0.1) is 11.2 Å². The topological polar surface area (TPSA) is 59.0 Å². The molecule has 2 aliphatic heterocycles. The van der Waals surface area contributed by atoms with Crippen LogP contribution in [0.15, 0.2) is 24.3 Å². The molecule has 0 bridgehead atoms. The third-order valence-corrected chi connectivity index (χ3v) is 5.59. The summed E-state index contributed by atoms with van der Waals surface area (Å²) < 4.78 is 12.1. The minimum Gasteiger partial charge on any atom is -0.465 e. The van der Waals surface area contributed by atoms with Crippen molar-refractivity contribution in [3.05, 3.63) is 29.8 Å². The Labute approximate surface area is 144 Å². The molecule has 0 aliphatic carbocycles. The third-order valence-electron chi connectivity index (χ3n) is 5.59. The molecule has 1 atom stereocenters. The molecule has 0 aromatic heterocycles. The molecule has 1 N–H and O–H groups in total. The predicted octanol–water partition coefficient (Wildman–Crippen LogP) is 2.53. The van der Waals surface area contributed by atoms with Gasteiger partial charge in [-0.1, -0.05) is 24.3 Å². The van der Waals surface area contributed by atoms with Gasteiger partial charge in [-0.15, -0.1) is 0 Å². The van der Waals surface area contributed by atoms with Crippen LogP contribution in [0.1, 0.15) is 39.7 Å². The van der Waals surface area contributed by atoms with Crippen LogP contribution in [0.5, 0.6) is 0 Å². The molecule has 2 aliphatic rings. The van der Waals surface area contributed by atoms with Gasteiger partial charge in [-0.25, -0.2) is 4.79 Å². The summed E-state index contributed by atoms with van der Waals surface area (Å²) in [4.78, 5) is 12.5. The van der Waals surface area contributed by atoms with Gasteiger partial charge in [-0.05, 0) is 57.5 Å². The normalized spacial score (nSPS) is 25.2. The van der Waals surface area contributed by atoms with E-state index in [9.17, 15) is 4.79 Å². The largest absolute Gasteiger partial charge is 0.494 e. The van der Waals surface area contributed by atoms with Gasteiger partial charge in [0.25, 0.3) is 0 Å². The molecule has 3 rings (SSSR count). The lowest BCUT2D eigenvalue weighted by molar-refractivity contribution is 0.00578. The lowest BCUT2D eigenvalue weighted by Crippen LogP contribution is -2.41. The van der Waals surface area contributed by atoms with E-state index >= 15 is 0 Å². The van der Waals surface area contributed by atoms with Crippen molar-refractivity contribution < 1.29 is 19.2 Å². The number of amides is 1. The van der Waals surface area contributed by atoms with Crippen molar-refractivity contribution in [2.75, 3.05) is 13.1 Å². The predicted molar refractivity (Wildman–Crippen MR) is 93.6 cm³/mol. The molecule has 2 fully saturated rings. The summed E-state index contributed by atoms with van der Waals surface area (Å²) in [5.41, 5.74) is 1.59. The fourth-order valence-electron chi connectivity index (χ4n) is 3.30. The highest BCUT2D eigenvalue weighted by molar-refractivity contribution is 6.62. The van der Waals surface area contributed by atoms with Crippen molar-refractivity contribution >= 4 is 18.7 Å². The Bertz CT molecular complexity index is 598. The third kappa shape index (κ3) is 3.30. The number of likely N-dealkylation sites (tertiary alicyclic amines) is 1. The van der Waals surface area contributed by atoms with E-state index in [2.05, 4.69) is 52.0 Å². The fraction of sp³-hybridized carbons (Fsp3) is 0.611. The first-order chi connectivity index (χ1) is 11.2. The lowest BCUT2D eigenvalue weighted by atomic mass is 9.78. The molecular formula is C18H26BNO4. The minimum absolute atomic E-state index is 0.333. The van der Waals surface area contributed by atoms with Crippen molar-refractivity contribution in [1.29, 1.82) is 0 Å². The highest BCUT2D eigenvalue weighted by atomic mass is 16.7. The van der Waals surface area contributed by atoms with Crippen LogP contribution in [0, 0.1) is 5.92 Å². The second-order valence-corrected chi connectivity index (χ2v) is 7.92. The summed E-state index contributed by atoms with van der Waals surface area (Å²) >= 11 is 0. The Balaban J connectivity index is 1.62. The average molecular weight is 331 g/mol. The van der Waals surface area contributed by atoms with Gasteiger partial charge in [0.15, 0.2) is 0 Å². The molecular weight excluding hydrogens is 305 g/mol. The Morgan fingerprint density at radius 1 is 1.21 bits per heavy atom. The molecule has 0 saturated carbocycles. The second kappa shape index (κ2) is 6.08. The van der Waals surface area contributed by atoms with Crippen LogP contribution in [0.25, 0.3) is 0 Å². The first-order valence-electron chi connectivity index (χ1n) is 8.60. The molecule has 1 unspecified atom stereocenters. The van der Waals surface area contributed by atoms with E-state index in [-0.39, 0.29) is 18.3 Å². The van der Waals surface area contributed by atoms with Crippen LogP contribution >= 0.6 is 0 Å². The number of carboxylic acid groups (broad SMARTS) is 1. The molecule has 5 nitrogen and oxygen atoms in total. The maximum atomic E-state index is 11.0. The number of hydrogen-bond acceptors (Lipinski definition) is 3. The monoisotopic (exact) mass is 331 g/mol. The van der Waals surface area contributed by atoms with E-state index in [0.29, 0.717) is 19.0 Å². The zero-order chi connectivity index (χ0) is 17.5. The van der Waals surface area contributed by atoms with E-state index in [0.717, 1.165) is 18.3 Å². The van der Waals surface area contributed by atoms with E-state index in [1.807, 2.05) is 0 Å². The van der Waals surface area contributed by atoms with Crippen molar-refractivity contribution in [3.8, 4) is 0 Å². The Morgan fingerprint density at radius 2 is 1.79 bits per heavy atom. The summed E-state index contributed by atoms with van der Waals surface area (Å²) in [6, 6.07) is 8.32. The molecule has 1 aromatic rings. The number of rotatable bonds is 3. The first-order valence-corrected chi connectivity index (χ1v) is 8.60. The van der Waals surface area contributed by atoms with Crippen molar-refractivity contribution in [2.24, 2.45) is 5.92 Å². The second-order valence-electron chi connectivity index (χ2n) is 7.92. The lowest BCUT2D eigenvalue weighted by Gasteiger charge is -2.32. The number of hydrogen-bond donors (Lipinski definition) is 1. The molecule has 1 aromatic carbocycles. The zero-order valence-corrected chi connectivity index (χ0v) is 14.9. The van der Waals surface area contributed by atoms with Gasteiger partial charge in [0.2, 0.25) is 0 Å².